The van der Waals surface area contributed by atoms with E-state index in [0.717, 1.165) is 61.9 Å². The molecule has 0 aliphatic carbocycles. The molecule has 4 aliphatic rings. The molecule has 0 unspecified atom stereocenters. The lowest BCUT2D eigenvalue weighted by Crippen LogP contribution is -2.54. The Bertz CT molecular complexity index is 2650. The molecule has 3 saturated heterocycles. The number of benzene rings is 3. The summed E-state index contributed by atoms with van der Waals surface area (Å²) in [5.74, 6) is 1.39. The molecule has 5 N–H and O–H groups in total. The van der Waals surface area contributed by atoms with E-state index in [0.29, 0.717) is 57.1 Å². The predicted molar refractivity (Wildman–Crippen MR) is 246 cm³/mol. The molecule has 0 spiro atoms. The minimum absolute atomic E-state index is 0.0526. The van der Waals surface area contributed by atoms with E-state index >= 15 is 0 Å². The molecule has 66 heavy (non-hydrogen) atoms. The second kappa shape index (κ2) is 18.2. The molecule has 0 saturated carbocycles. The number of alkyl carbamates (subject to hydrolysis) is 1. The van der Waals surface area contributed by atoms with Crippen molar-refractivity contribution in [2.75, 3.05) is 27.4 Å². The molecule has 9 rings (SSSR count). The number of aromatic amines is 2. The molecule has 17 nitrogen and oxygen atoms in total. The molecule has 0 bridgehead atoms. The number of likely N-dealkylation sites (tertiary alicyclic amines) is 2. The number of ether oxygens (including phenoxy) is 4. The molecular weight excluding hydrogens is 845 g/mol. The Morgan fingerprint density at radius 3 is 2.42 bits per heavy atom. The van der Waals surface area contributed by atoms with Crippen molar-refractivity contribution in [2.24, 2.45) is 17.8 Å². The van der Waals surface area contributed by atoms with Gasteiger partial charge in [-0.3, -0.25) is 9.59 Å². The summed E-state index contributed by atoms with van der Waals surface area (Å²) in [5, 5.41) is 16.7. The minimum atomic E-state index is -1.22. The van der Waals surface area contributed by atoms with Crippen LogP contribution in [0.2, 0.25) is 0 Å². The zero-order valence-electron chi connectivity index (χ0n) is 38.6. The molecule has 5 aromatic rings. The standard InChI is InChI=1S/C49H60N8O9/c1-24(2)41(54-48(60)61)47(59)57-25(3)8-13-38(57)45-51-36-12-10-29-18-35-33-11-9-30(17-32(33)23-65-40(35)19-34(29)43(36)53-45)37-20-50-44(52-37)39-16-28(22-63-6)21-56(39)46(58)42(55-49(62)64-7)31-14-26(4)66-27(5)15-31/h9-12,17-20,24-28,31,38-39,41-42,54H,8,13-16,21-23H2,1-7H3,(H,50,52)(H,51,53)(H,55,62)(H,60,61)/t25-,26+,27+,28-,38-,39-,41-,42-/m0/s1. The first-order valence-corrected chi connectivity index (χ1v) is 23.1. The molecule has 0 radical (unpaired) electrons. The number of imidazole rings is 2. The van der Waals surface area contributed by atoms with Crippen molar-refractivity contribution < 1.29 is 43.2 Å². The van der Waals surface area contributed by atoms with Crippen molar-refractivity contribution in [3.8, 4) is 28.1 Å². The SMILES string of the molecule is COC[C@H]1C[C@@H](c2ncc(-c3ccc4c(c3)COc3cc5c(ccc6[nH]c([C@@H]7CC[C@H](C)N7C(=O)[C@@H](NC(=O)O)C(C)C)nc65)cc3-4)[nH]2)N(C(=O)[C@@H](NC(=O)OC)C2C[C@@H](C)O[C@H](C)C2)C1. The second-order valence-corrected chi connectivity index (χ2v) is 19.0. The Morgan fingerprint density at radius 2 is 1.70 bits per heavy atom. The first-order chi connectivity index (χ1) is 31.7. The van der Waals surface area contributed by atoms with E-state index in [1.54, 1.807) is 18.2 Å². The van der Waals surface area contributed by atoms with Gasteiger partial charge in [-0.25, -0.2) is 19.6 Å². The second-order valence-electron chi connectivity index (χ2n) is 19.0. The third kappa shape index (κ3) is 8.54. The van der Waals surface area contributed by atoms with Crippen molar-refractivity contribution in [1.29, 1.82) is 0 Å². The Balaban J connectivity index is 0.970. The number of carbonyl (C=O) groups is 4. The lowest BCUT2D eigenvalue weighted by atomic mass is 9.85. The fourth-order valence-electron chi connectivity index (χ4n) is 11.0. The molecular formula is C49H60N8O9. The zero-order chi connectivity index (χ0) is 46.6. The van der Waals surface area contributed by atoms with Crippen molar-refractivity contribution in [1.82, 2.24) is 40.4 Å². The van der Waals surface area contributed by atoms with Gasteiger partial charge in [0.15, 0.2) is 0 Å². The van der Waals surface area contributed by atoms with Gasteiger partial charge in [-0.1, -0.05) is 32.0 Å². The lowest BCUT2D eigenvalue weighted by molar-refractivity contribution is -0.139. The summed E-state index contributed by atoms with van der Waals surface area (Å²) < 4.78 is 23.0. The summed E-state index contributed by atoms with van der Waals surface area (Å²) in [7, 11) is 2.97. The maximum atomic E-state index is 14.6. The molecule has 350 valence electrons. The molecule has 2 aromatic heterocycles. The molecule has 3 aromatic carbocycles. The summed E-state index contributed by atoms with van der Waals surface area (Å²) in [6, 6.07) is 12.1. The highest BCUT2D eigenvalue weighted by atomic mass is 16.5. The van der Waals surface area contributed by atoms with Crippen LogP contribution in [0.5, 0.6) is 5.75 Å². The minimum Gasteiger partial charge on any atom is -0.488 e. The normalized spacial score (nSPS) is 24.8. The number of amides is 4. The van der Waals surface area contributed by atoms with Crippen LogP contribution in [0.1, 0.15) is 96.0 Å². The third-order valence-electron chi connectivity index (χ3n) is 14.0. The Kier molecular flexibility index (Phi) is 12.4. The molecule has 6 heterocycles. The van der Waals surface area contributed by atoms with Crippen LogP contribution < -0.4 is 15.4 Å². The number of H-pyrrole nitrogens is 2. The monoisotopic (exact) mass is 904 g/mol. The van der Waals surface area contributed by atoms with Crippen molar-refractivity contribution >= 4 is 45.8 Å². The largest absolute Gasteiger partial charge is 0.488 e. The number of carboxylic acid groups (broad SMARTS) is 1. The average Bonchev–Trinajstić information content (AvgIpc) is 4.11. The van der Waals surface area contributed by atoms with Gasteiger partial charge in [-0.15, -0.1) is 0 Å². The summed E-state index contributed by atoms with van der Waals surface area (Å²) in [4.78, 5) is 73.2. The summed E-state index contributed by atoms with van der Waals surface area (Å²) in [5.41, 5.74) is 6.40. The highest BCUT2D eigenvalue weighted by Crippen LogP contribution is 2.44. The van der Waals surface area contributed by atoms with Crippen LogP contribution in [0.3, 0.4) is 0 Å². The van der Waals surface area contributed by atoms with Crippen LogP contribution in [-0.2, 0) is 30.4 Å². The van der Waals surface area contributed by atoms with Gasteiger partial charge in [0.05, 0.1) is 60.9 Å². The molecule has 17 heteroatoms. The predicted octanol–water partition coefficient (Wildman–Crippen LogP) is 7.47. The van der Waals surface area contributed by atoms with Crippen LogP contribution in [0.15, 0.2) is 48.7 Å². The van der Waals surface area contributed by atoms with E-state index in [1.165, 1.54) is 7.11 Å². The van der Waals surface area contributed by atoms with E-state index in [-0.39, 0.29) is 59.9 Å². The highest BCUT2D eigenvalue weighted by Gasteiger charge is 2.45. The number of methoxy groups -OCH3 is 2. The topological polar surface area (TPSA) is 213 Å². The number of fused-ring (bicyclic) bond motifs is 6. The zero-order valence-corrected chi connectivity index (χ0v) is 38.6. The average molecular weight is 905 g/mol. The van der Waals surface area contributed by atoms with Gasteiger partial charge in [0.1, 0.15) is 36.1 Å². The van der Waals surface area contributed by atoms with E-state index in [9.17, 15) is 24.3 Å². The van der Waals surface area contributed by atoms with Gasteiger partial charge in [0, 0.05) is 36.6 Å². The maximum absolute atomic E-state index is 14.6. The number of nitrogens with zero attached hydrogens (tertiary/aromatic N) is 4. The molecule has 4 aliphatic heterocycles. The number of hydrogen-bond acceptors (Lipinski definition) is 10. The summed E-state index contributed by atoms with van der Waals surface area (Å²) in [6.07, 6.45) is 3.23. The summed E-state index contributed by atoms with van der Waals surface area (Å²) >= 11 is 0. The van der Waals surface area contributed by atoms with Crippen LogP contribution in [0.4, 0.5) is 9.59 Å². The quantitative estimate of drug-likeness (QED) is 0.0877. The van der Waals surface area contributed by atoms with E-state index in [1.807, 2.05) is 51.7 Å². The van der Waals surface area contributed by atoms with Gasteiger partial charge >= 0.3 is 12.2 Å². The Labute approximate surface area is 383 Å². The van der Waals surface area contributed by atoms with Crippen molar-refractivity contribution in [3.63, 3.8) is 0 Å². The third-order valence-corrected chi connectivity index (χ3v) is 14.0. The fraction of sp³-hybridized carbons (Fsp3) is 0.510. The van der Waals surface area contributed by atoms with Gasteiger partial charge in [-0.05, 0) is 111 Å². The number of aromatic nitrogens is 4. The number of nitrogens with one attached hydrogen (secondary N) is 4. The van der Waals surface area contributed by atoms with E-state index in [2.05, 4.69) is 50.9 Å². The number of carbonyl (C=O) groups excluding carboxylic acids is 3. The molecule has 4 amide bonds. The maximum Gasteiger partial charge on any atom is 0.407 e. The van der Waals surface area contributed by atoms with Crippen LogP contribution in [-0.4, -0.2) is 117 Å². The highest BCUT2D eigenvalue weighted by molar-refractivity contribution is 6.07. The first-order valence-electron chi connectivity index (χ1n) is 23.1. The number of rotatable bonds is 11. The van der Waals surface area contributed by atoms with E-state index < -0.39 is 24.3 Å². The Hall–Kier alpha value is -6.20. The lowest BCUT2D eigenvalue weighted by Gasteiger charge is -2.38. The first kappa shape index (κ1) is 45.0. The van der Waals surface area contributed by atoms with Gasteiger partial charge in [0.2, 0.25) is 11.8 Å². The number of hydrogen-bond donors (Lipinski definition) is 5. The van der Waals surface area contributed by atoms with Crippen LogP contribution in [0, 0.1) is 17.8 Å². The van der Waals surface area contributed by atoms with Crippen LogP contribution >= 0.6 is 0 Å². The van der Waals surface area contributed by atoms with Gasteiger partial charge < -0.3 is 54.5 Å². The van der Waals surface area contributed by atoms with Crippen molar-refractivity contribution in [3.05, 3.63) is 65.9 Å². The summed E-state index contributed by atoms with van der Waals surface area (Å²) in [6.45, 7) is 11.0. The molecule has 8 atom stereocenters. The Morgan fingerprint density at radius 1 is 0.909 bits per heavy atom. The van der Waals surface area contributed by atoms with Gasteiger partial charge in [0.25, 0.3) is 0 Å². The van der Waals surface area contributed by atoms with Crippen LogP contribution in [0.25, 0.3) is 44.2 Å². The molecule has 3 fully saturated rings. The fourth-order valence-corrected chi connectivity index (χ4v) is 11.0. The van der Waals surface area contributed by atoms with E-state index in [4.69, 9.17) is 28.9 Å². The smallest absolute Gasteiger partial charge is 0.407 e. The van der Waals surface area contributed by atoms with Crippen molar-refractivity contribution in [2.45, 2.75) is 116 Å². The van der Waals surface area contributed by atoms with Gasteiger partial charge in [-0.2, -0.15) is 0 Å².